The van der Waals surface area contributed by atoms with Gasteiger partial charge in [-0.15, -0.1) is 0 Å². The molecule has 88 valence electrons. The molecule has 16 heavy (non-hydrogen) atoms. The Morgan fingerprint density at radius 1 is 1.38 bits per heavy atom. The van der Waals surface area contributed by atoms with E-state index >= 15 is 0 Å². The molecule has 0 amide bonds. The topological polar surface area (TPSA) is 9.23 Å². The third-order valence-electron chi connectivity index (χ3n) is 3.29. The Kier molecular flexibility index (Phi) is 3.47. The first-order valence-corrected chi connectivity index (χ1v) is 6.09. The second kappa shape index (κ2) is 4.86. The molecule has 1 saturated carbocycles. The molecule has 2 heteroatoms. The predicted octanol–water partition coefficient (Wildman–Crippen LogP) is 4.13. The first-order valence-electron chi connectivity index (χ1n) is 6.09. The highest BCUT2D eigenvalue weighted by Crippen LogP contribution is 2.31. The zero-order valence-electron chi connectivity index (χ0n) is 10.0. The van der Waals surface area contributed by atoms with Crippen molar-refractivity contribution >= 4 is 0 Å². The molecule has 0 aliphatic heterocycles. The Labute approximate surface area is 96.6 Å². The normalized spacial score (nSPS) is 16.2. The summed E-state index contributed by atoms with van der Waals surface area (Å²) in [6.45, 7) is 4.73. The Balaban J connectivity index is 2.09. The van der Waals surface area contributed by atoms with Gasteiger partial charge in [0.05, 0.1) is 6.61 Å². The van der Waals surface area contributed by atoms with Gasteiger partial charge in [0.25, 0.3) is 0 Å². The summed E-state index contributed by atoms with van der Waals surface area (Å²) >= 11 is 0. The smallest absolute Gasteiger partial charge is 0.130 e. The van der Waals surface area contributed by atoms with Crippen molar-refractivity contribution in [3.05, 3.63) is 29.6 Å². The fourth-order valence-electron chi connectivity index (χ4n) is 2.07. The molecule has 0 bridgehead atoms. The molecule has 0 aromatic heterocycles. The molecule has 1 nitrogen and oxygen atoms in total. The van der Waals surface area contributed by atoms with E-state index in [0.717, 1.165) is 12.4 Å². The summed E-state index contributed by atoms with van der Waals surface area (Å²) in [6.07, 6.45) is 3.83. The molecule has 1 aliphatic rings. The second-order valence-electron chi connectivity index (χ2n) is 4.91. The van der Waals surface area contributed by atoms with E-state index in [-0.39, 0.29) is 11.7 Å². The average Bonchev–Trinajstić information content (AvgIpc) is 2.14. The van der Waals surface area contributed by atoms with Gasteiger partial charge in [-0.3, -0.25) is 0 Å². The van der Waals surface area contributed by atoms with Crippen molar-refractivity contribution in [3.63, 3.8) is 0 Å². The summed E-state index contributed by atoms with van der Waals surface area (Å²) in [7, 11) is 0. The average molecular weight is 222 g/mol. The maximum Gasteiger partial charge on any atom is 0.130 e. The Hall–Kier alpha value is -1.05. The van der Waals surface area contributed by atoms with Gasteiger partial charge in [0.1, 0.15) is 11.6 Å². The number of hydrogen-bond acceptors (Lipinski definition) is 1. The highest BCUT2D eigenvalue weighted by Gasteiger charge is 2.19. The Morgan fingerprint density at radius 3 is 2.69 bits per heavy atom. The molecule has 1 aromatic carbocycles. The fourth-order valence-corrected chi connectivity index (χ4v) is 2.07. The standard InChI is InChI=1S/C14H19FO/c1-10(2)14-12(15)7-4-8-13(14)16-9-11-5-3-6-11/h4,7-8,10-11H,3,5-6,9H2,1-2H3. The van der Waals surface area contributed by atoms with Crippen LogP contribution in [0.1, 0.15) is 44.6 Å². The van der Waals surface area contributed by atoms with Gasteiger partial charge in [-0.05, 0) is 36.8 Å². The van der Waals surface area contributed by atoms with Crippen LogP contribution in [0.2, 0.25) is 0 Å². The fraction of sp³-hybridized carbons (Fsp3) is 0.571. The lowest BCUT2D eigenvalue weighted by molar-refractivity contribution is 0.178. The van der Waals surface area contributed by atoms with Crippen LogP contribution in [0.25, 0.3) is 0 Å². The number of rotatable bonds is 4. The summed E-state index contributed by atoms with van der Waals surface area (Å²) < 4.78 is 19.4. The minimum atomic E-state index is -0.152. The molecule has 0 spiro atoms. The molecule has 0 unspecified atom stereocenters. The highest BCUT2D eigenvalue weighted by atomic mass is 19.1. The molecule has 1 fully saturated rings. The molecule has 0 atom stereocenters. The van der Waals surface area contributed by atoms with Crippen molar-refractivity contribution in [3.8, 4) is 5.75 Å². The van der Waals surface area contributed by atoms with E-state index in [0.29, 0.717) is 11.5 Å². The van der Waals surface area contributed by atoms with Gasteiger partial charge < -0.3 is 4.74 Å². The molecular weight excluding hydrogens is 203 g/mol. The van der Waals surface area contributed by atoms with Crippen molar-refractivity contribution in [1.29, 1.82) is 0 Å². The Morgan fingerprint density at radius 2 is 2.12 bits per heavy atom. The van der Waals surface area contributed by atoms with Crippen molar-refractivity contribution in [2.24, 2.45) is 5.92 Å². The van der Waals surface area contributed by atoms with Gasteiger partial charge in [-0.2, -0.15) is 0 Å². The van der Waals surface area contributed by atoms with Crippen LogP contribution in [0.3, 0.4) is 0 Å². The molecule has 2 rings (SSSR count). The van der Waals surface area contributed by atoms with Crippen LogP contribution < -0.4 is 4.74 Å². The second-order valence-corrected chi connectivity index (χ2v) is 4.91. The van der Waals surface area contributed by atoms with E-state index in [9.17, 15) is 4.39 Å². The third kappa shape index (κ3) is 2.37. The van der Waals surface area contributed by atoms with Gasteiger partial charge in [0.2, 0.25) is 0 Å². The first-order chi connectivity index (χ1) is 7.68. The van der Waals surface area contributed by atoms with Crippen molar-refractivity contribution in [2.75, 3.05) is 6.61 Å². The van der Waals surface area contributed by atoms with Gasteiger partial charge in [-0.25, -0.2) is 4.39 Å². The summed E-state index contributed by atoms with van der Waals surface area (Å²) in [4.78, 5) is 0. The van der Waals surface area contributed by atoms with Gasteiger partial charge in [0, 0.05) is 5.56 Å². The zero-order valence-corrected chi connectivity index (χ0v) is 10.0. The van der Waals surface area contributed by atoms with Crippen molar-refractivity contribution in [2.45, 2.75) is 39.0 Å². The molecular formula is C14H19FO. The number of hydrogen-bond donors (Lipinski definition) is 0. The van der Waals surface area contributed by atoms with Gasteiger partial charge >= 0.3 is 0 Å². The van der Waals surface area contributed by atoms with Crippen LogP contribution in [0, 0.1) is 11.7 Å². The number of halogens is 1. The summed E-state index contributed by atoms with van der Waals surface area (Å²) in [5.41, 5.74) is 0.710. The van der Waals surface area contributed by atoms with Crippen LogP contribution in [-0.4, -0.2) is 6.61 Å². The van der Waals surface area contributed by atoms with E-state index < -0.39 is 0 Å². The lowest BCUT2D eigenvalue weighted by Crippen LogP contribution is -2.19. The van der Waals surface area contributed by atoms with Crippen molar-refractivity contribution in [1.82, 2.24) is 0 Å². The van der Waals surface area contributed by atoms with Gasteiger partial charge in [-0.1, -0.05) is 26.3 Å². The third-order valence-corrected chi connectivity index (χ3v) is 3.29. The molecule has 0 radical (unpaired) electrons. The summed E-state index contributed by atoms with van der Waals surface area (Å²) in [5.74, 6) is 1.42. The van der Waals surface area contributed by atoms with E-state index in [1.165, 1.54) is 25.3 Å². The molecule has 0 heterocycles. The van der Waals surface area contributed by atoms with Crippen LogP contribution in [0.4, 0.5) is 4.39 Å². The summed E-state index contributed by atoms with van der Waals surface area (Å²) in [5, 5.41) is 0. The zero-order chi connectivity index (χ0) is 11.5. The largest absolute Gasteiger partial charge is 0.493 e. The molecule has 1 aromatic rings. The van der Waals surface area contributed by atoms with E-state index in [4.69, 9.17) is 4.74 Å². The maximum absolute atomic E-state index is 13.6. The maximum atomic E-state index is 13.6. The minimum Gasteiger partial charge on any atom is -0.493 e. The van der Waals surface area contributed by atoms with Crippen molar-refractivity contribution < 1.29 is 9.13 Å². The summed E-state index contributed by atoms with van der Waals surface area (Å²) in [6, 6.07) is 5.10. The molecule has 0 N–H and O–H groups in total. The van der Waals surface area contributed by atoms with E-state index in [2.05, 4.69) is 0 Å². The van der Waals surface area contributed by atoms with Gasteiger partial charge in [0.15, 0.2) is 0 Å². The number of ether oxygens (including phenoxy) is 1. The first kappa shape index (κ1) is 11.4. The predicted molar refractivity (Wildman–Crippen MR) is 63.3 cm³/mol. The SMILES string of the molecule is CC(C)c1c(F)cccc1OCC1CCC1. The lowest BCUT2D eigenvalue weighted by Gasteiger charge is -2.26. The Bertz CT molecular complexity index is 356. The highest BCUT2D eigenvalue weighted by molar-refractivity contribution is 5.36. The van der Waals surface area contributed by atoms with E-state index in [1.54, 1.807) is 6.07 Å². The molecule has 0 saturated heterocycles. The van der Waals surface area contributed by atoms with Crippen LogP contribution in [-0.2, 0) is 0 Å². The van der Waals surface area contributed by atoms with Crippen LogP contribution >= 0.6 is 0 Å². The van der Waals surface area contributed by atoms with E-state index in [1.807, 2.05) is 19.9 Å². The monoisotopic (exact) mass is 222 g/mol. The lowest BCUT2D eigenvalue weighted by atomic mass is 9.86. The quantitative estimate of drug-likeness (QED) is 0.744. The van der Waals surface area contributed by atoms with Crippen LogP contribution in [0.15, 0.2) is 18.2 Å². The minimum absolute atomic E-state index is 0.152. The number of benzene rings is 1. The molecule has 1 aliphatic carbocycles. The van der Waals surface area contributed by atoms with Crippen LogP contribution in [0.5, 0.6) is 5.75 Å².